The lowest BCUT2D eigenvalue weighted by Crippen LogP contribution is -2.06. The van der Waals surface area contributed by atoms with E-state index in [2.05, 4.69) is 19.1 Å². The second kappa shape index (κ2) is 2.91. The zero-order valence-electron chi connectivity index (χ0n) is 5.56. The van der Waals surface area contributed by atoms with E-state index in [0.29, 0.717) is 0 Å². The summed E-state index contributed by atoms with van der Waals surface area (Å²) in [4.78, 5) is 0. The maximum atomic E-state index is 2.36. The monoisotopic (exact) mass is 110 g/mol. The van der Waals surface area contributed by atoms with E-state index in [1.807, 2.05) is 0 Å². The number of hydrogen-bond donors (Lipinski definition) is 0. The molecule has 1 rings (SSSR count). The van der Waals surface area contributed by atoms with Crippen LogP contribution < -0.4 is 0 Å². The summed E-state index contributed by atoms with van der Waals surface area (Å²) in [6.07, 6.45) is 10.2. The van der Waals surface area contributed by atoms with E-state index in [4.69, 9.17) is 0 Å². The van der Waals surface area contributed by atoms with Crippen LogP contribution in [0.3, 0.4) is 0 Å². The smallest absolute Gasteiger partial charge is 0.0234 e. The molecule has 0 aromatic heterocycles. The van der Waals surface area contributed by atoms with Crippen molar-refractivity contribution in [1.82, 2.24) is 0 Å². The van der Waals surface area contributed by atoms with Crippen molar-refractivity contribution in [1.29, 1.82) is 0 Å². The van der Waals surface area contributed by atoms with Crippen LogP contribution in [0.1, 0.15) is 32.6 Å². The largest absolute Gasteiger partial charge is 0.0885 e. The lowest BCUT2D eigenvalue weighted by molar-refractivity contribution is 0.387. The van der Waals surface area contributed by atoms with Gasteiger partial charge in [0, 0.05) is 0 Å². The summed E-state index contributed by atoms with van der Waals surface area (Å²) in [6.45, 7) is 2.19. The van der Waals surface area contributed by atoms with Crippen LogP contribution in [0.4, 0.5) is 0 Å². The molecule has 0 aromatic rings. The van der Waals surface area contributed by atoms with Crippen molar-refractivity contribution >= 4 is 0 Å². The highest BCUT2D eigenvalue weighted by molar-refractivity contribution is 4.91. The Morgan fingerprint density at radius 2 is 2.25 bits per heavy atom. The van der Waals surface area contributed by atoms with Gasteiger partial charge in [-0.05, 0) is 25.2 Å². The van der Waals surface area contributed by atoms with Crippen LogP contribution in [-0.4, -0.2) is 0 Å². The maximum absolute atomic E-state index is 2.36. The third-order valence-corrected chi connectivity index (χ3v) is 1.79. The molecule has 1 saturated carbocycles. The lowest BCUT2D eigenvalue weighted by Gasteiger charge is -2.20. The predicted octanol–water partition coefficient (Wildman–Crippen LogP) is 2.75. The molecular formula is C8H14. The van der Waals surface area contributed by atoms with Gasteiger partial charge in [-0.25, -0.2) is 0 Å². The fraction of sp³-hybridized carbons (Fsp3) is 0.750. The molecule has 0 spiro atoms. The van der Waals surface area contributed by atoms with Crippen LogP contribution in [0.15, 0.2) is 12.2 Å². The molecule has 1 fully saturated rings. The number of hydrogen-bond acceptors (Lipinski definition) is 0. The van der Waals surface area contributed by atoms with Crippen molar-refractivity contribution in [2.75, 3.05) is 0 Å². The second-order valence-electron chi connectivity index (χ2n) is 2.53. The van der Waals surface area contributed by atoms with Gasteiger partial charge in [-0.15, -0.1) is 0 Å². The van der Waals surface area contributed by atoms with Crippen LogP contribution in [0, 0.1) is 5.92 Å². The number of rotatable bonds is 2. The first-order valence-corrected chi connectivity index (χ1v) is 3.60. The van der Waals surface area contributed by atoms with E-state index in [1.54, 1.807) is 0 Å². The van der Waals surface area contributed by atoms with Crippen molar-refractivity contribution < 1.29 is 0 Å². The summed E-state index contributed by atoms with van der Waals surface area (Å²) in [5.74, 6) is 0.954. The molecule has 0 aromatic carbocycles. The molecule has 0 amide bonds. The van der Waals surface area contributed by atoms with Crippen LogP contribution in [0.25, 0.3) is 0 Å². The van der Waals surface area contributed by atoms with Gasteiger partial charge in [0.1, 0.15) is 0 Å². The molecule has 46 valence electrons. The Morgan fingerprint density at radius 3 is 2.62 bits per heavy atom. The Labute approximate surface area is 51.6 Å². The average Bonchev–Trinajstić information content (AvgIpc) is 1.63. The van der Waals surface area contributed by atoms with Gasteiger partial charge >= 0.3 is 0 Å². The Kier molecular flexibility index (Phi) is 2.13. The van der Waals surface area contributed by atoms with E-state index in [-0.39, 0.29) is 0 Å². The molecule has 0 bridgehead atoms. The van der Waals surface area contributed by atoms with Gasteiger partial charge in [0.2, 0.25) is 0 Å². The van der Waals surface area contributed by atoms with E-state index >= 15 is 0 Å². The zero-order chi connectivity index (χ0) is 5.82. The molecule has 0 aliphatic heterocycles. The summed E-state index contributed by atoms with van der Waals surface area (Å²) in [6, 6.07) is 0. The SMILES string of the molecule is CCC=CC1CCC1. The van der Waals surface area contributed by atoms with Gasteiger partial charge in [0.25, 0.3) is 0 Å². The van der Waals surface area contributed by atoms with Crippen molar-refractivity contribution in [2.45, 2.75) is 32.6 Å². The summed E-state index contributed by atoms with van der Waals surface area (Å²) < 4.78 is 0. The third-order valence-electron chi connectivity index (χ3n) is 1.79. The first kappa shape index (κ1) is 5.87. The molecule has 1 aliphatic rings. The first-order valence-electron chi connectivity index (χ1n) is 3.60. The van der Waals surface area contributed by atoms with Gasteiger partial charge in [0.05, 0.1) is 0 Å². The van der Waals surface area contributed by atoms with Gasteiger partial charge < -0.3 is 0 Å². The van der Waals surface area contributed by atoms with Crippen LogP contribution in [0.2, 0.25) is 0 Å². The molecule has 0 heterocycles. The van der Waals surface area contributed by atoms with E-state index in [9.17, 15) is 0 Å². The topological polar surface area (TPSA) is 0 Å². The molecule has 1 aliphatic carbocycles. The van der Waals surface area contributed by atoms with Gasteiger partial charge in [0.15, 0.2) is 0 Å². The zero-order valence-corrected chi connectivity index (χ0v) is 5.56. The highest BCUT2D eigenvalue weighted by Gasteiger charge is 2.12. The Morgan fingerprint density at radius 1 is 1.50 bits per heavy atom. The fourth-order valence-corrected chi connectivity index (χ4v) is 0.961. The lowest BCUT2D eigenvalue weighted by atomic mass is 9.85. The standard InChI is InChI=1S/C8H14/c1-2-3-5-8-6-4-7-8/h3,5,8H,2,4,6-7H2,1H3. The predicted molar refractivity (Wildman–Crippen MR) is 36.8 cm³/mol. The van der Waals surface area contributed by atoms with Crippen LogP contribution in [-0.2, 0) is 0 Å². The van der Waals surface area contributed by atoms with Crippen LogP contribution in [0.5, 0.6) is 0 Å². The van der Waals surface area contributed by atoms with E-state index in [0.717, 1.165) is 5.92 Å². The minimum atomic E-state index is 0.954. The average molecular weight is 110 g/mol. The highest BCUT2D eigenvalue weighted by atomic mass is 14.2. The minimum Gasteiger partial charge on any atom is -0.0885 e. The second-order valence-corrected chi connectivity index (χ2v) is 2.53. The Balaban J connectivity index is 2.08. The quantitative estimate of drug-likeness (QED) is 0.479. The van der Waals surface area contributed by atoms with E-state index in [1.165, 1.54) is 25.7 Å². The molecule has 0 nitrogen and oxygen atoms in total. The maximum Gasteiger partial charge on any atom is -0.0234 e. The molecule has 0 heteroatoms. The Hall–Kier alpha value is -0.260. The fourth-order valence-electron chi connectivity index (χ4n) is 0.961. The molecule has 0 N–H and O–H groups in total. The molecule has 0 atom stereocenters. The summed E-state index contributed by atoms with van der Waals surface area (Å²) >= 11 is 0. The summed E-state index contributed by atoms with van der Waals surface area (Å²) in [5.41, 5.74) is 0. The van der Waals surface area contributed by atoms with Crippen molar-refractivity contribution in [3.05, 3.63) is 12.2 Å². The van der Waals surface area contributed by atoms with Crippen LogP contribution >= 0.6 is 0 Å². The number of allylic oxidation sites excluding steroid dienone is 2. The first-order chi connectivity index (χ1) is 3.93. The van der Waals surface area contributed by atoms with Crippen molar-refractivity contribution in [2.24, 2.45) is 5.92 Å². The Bertz CT molecular complexity index is 78.0. The van der Waals surface area contributed by atoms with Crippen molar-refractivity contribution in [3.63, 3.8) is 0 Å². The third kappa shape index (κ3) is 1.36. The molecule has 0 radical (unpaired) electrons. The van der Waals surface area contributed by atoms with Crippen molar-refractivity contribution in [3.8, 4) is 0 Å². The van der Waals surface area contributed by atoms with E-state index < -0.39 is 0 Å². The minimum absolute atomic E-state index is 0.954. The van der Waals surface area contributed by atoms with Gasteiger partial charge in [-0.2, -0.15) is 0 Å². The van der Waals surface area contributed by atoms with Gasteiger partial charge in [-0.3, -0.25) is 0 Å². The highest BCUT2D eigenvalue weighted by Crippen LogP contribution is 2.27. The molecule has 0 saturated heterocycles. The normalized spacial score (nSPS) is 21.6. The summed E-state index contributed by atoms with van der Waals surface area (Å²) in [5, 5.41) is 0. The summed E-state index contributed by atoms with van der Waals surface area (Å²) in [7, 11) is 0. The molecular weight excluding hydrogens is 96.1 g/mol. The molecule has 0 unspecified atom stereocenters. The molecule has 8 heavy (non-hydrogen) atoms. The van der Waals surface area contributed by atoms with Gasteiger partial charge in [-0.1, -0.05) is 25.5 Å².